The van der Waals surface area contributed by atoms with Crippen LogP contribution in [0.15, 0.2) is 67.1 Å². The number of pyridine rings is 1. The van der Waals surface area contributed by atoms with Crippen LogP contribution in [0.2, 0.25) is 5.02 Å². The van der Waals surface area contributed by atoms with Crippen LogP contribution in [0.1, 0.15) is 58.1 Å². The van der Waals surface area contributed by atoms with Crippen LogP contribution in [0.5, 0.6) is 0 Å². The van der Waals surface area contributed by atoms with Crippen LogP contribution in [0.4, 0.5) is 8.78 Å². The summed E-state index contributed by atoms with van der Waals surface area (Å²) in [5.74, 6) is -2.31. The van der Waals surface area contributed by atoms with E-state index in [2.05, 4.69) is 15.4 Å². The summed E-state index contributed by atoms with van der Waals surface area (Å²) in [7, 11) is 1.69. The highest BCUT2D eigenvalue weighted by molar-refractivity contribution is 6.30. The molecule has 2 atom stereocenters. The average molecular weight is 608 g/mol. The van der Waals surface area contributed by atoms with Crippen molar-refractivity contribution in [2.24, 2.45) is 13.0 Å². The Hall–Kier alpha value is -4.19. The first-order valence-corrected chi connectivity index (χ1v) is 14.0. The summed E-state index contributed by atoms with van der Waals surface area (Å²) < 4.78 is 38.1. The lowest BCUT2D eigenvalue weighted by Crippen LogP contribution is -2.49. The molecular formula is C31H28ClF2N5O4. The Kier molecular flexibility index (Phi) is 7.27. The monoisotopic (exact) mass is 607 g/mol. The fraction of sp³-hybridized carbons (Fsp3) is 0.290. The predicted octanol–water partition coefficient (Wildman–Crippen LogP) is 4.36. The molecular weight excluding hydrogens is 580 g/mol. The van der Waals surface area contributed by atoms with E-state index in [0.29, 0.717) is 21.8 Å². The van der Waals surface area contributed by atoms with Gasteiger partial charge in [0, 0.05) is 35.3 Å². The van der Waals surface area contributed by atoms with Crippen LogP contribution in [0, 0.1) is 17.6 Å². The van der Waals surface area contributed by atoms with Crippen LogP contribution in [-0.4, -0.2) is 43.3 Å². The quantitative estimate of drug-likeness (QED) is 0.274. The molecule has 2 aromatic carbocycles. The number of fused-ring (bicyclic) bond motifs is 1. The van der Waals surface area contributed by atoms with Crippen LogP contribution >= 0.6 is 11.6 Å². The first kappa shape index (κ1) is 28.9. The van der Waals surface area contributed by atoms with Crippen molar-refractivity contribution in [3.8, 4) is 0 Å². The zero-order valence-electron chi connectivity index (χ0n) is 23.4. The van der Waals surface area contributed by atoms with Gasteiger partial charge in [-0.15, -0.1) is 0 Å². The number of ether oxygens (including phenoxy) is 1. The lowest BCUT2D eigenvalue weighted by molar-refractivity contribution is -0.137. The van der Waals surface area contributed by atoms with Crippen molar-refractivity contribution in [2.75, 3.05) is 6.73 Å². The van der Waals surface area contributed by atoms with Gasteiger partial charge < -0.3 is 15.2 Å². The second kappa shape index (κ2) is 10.8. The summed E-state index contributed by atoms with van der Waals surface area (Å²) in [6.45, 7) is 0.953. The molecule has 222 valence electrons. The number of aryl methyl sites for hydroxylation is 1. The summed E-state index contributed by atoms with van der Waals surface area (Å²) in [5, 5.41) is 18.7. The first-order valence-electron chi connectivity index (χ1n) is 13.7. The van der Waals surface area contributed by atoms with Crippen molar-refractivity contribution < 1.29 is 28.2 Å². The summed E-state index contributed by atoms with van der Waals surface area (Å²) in [5.41, 5.74) is -2.54. The Bertz CT molecular complexity index is 1710. The molecule has 2 aliphatic rings. The number of halogens is 3. The van der Waals surface area contributed by atoms with E-state index in [4.69, 9.17) is 16.3 Å². The molecule has 1 fully saturated rings. The number of amides is 2. The molecule has 12 heteroatoms. The summed E-state index contributed by atoms with van der Waals surface area (Å²) in [6, 6.07) is 11.6. The maximum absolute atomic E-state index is 16.6. The summed E-state index contributed by atoms with van der Waals surface area (Å²) in [4.78, 5) is 32.2. The molecule has 9 nitrogen and oxygen atoms in total. The number of aromatic nitrogens is 3. The maximum Gasteiger partial charge on any atom is 0.257 e. The van der Waals surface area contributed by atoms with E-state index in [9.17, 15) is 19.1 Å². The smallest absolute Gasteiger partial charge is 0.257 e. The second-order valence-corrected chi connectivity index (χ2v) is 11.4. The fourth-order valence-corrected chi connectivity index (χ4v) is 5.55. The molecule has 1 saturated carbocycles. The third kappa shape index (κ3) is 5.17. The molecule has 6 rings (SSSR count). The minimum atomic E-state index is -1.88. The van der Waals surface area contributed by atoms with Gasteiger partial charge in [0.25, 0.3) is 5.91 Å². The number of nitrogens with one attached hydrogen (secondary N) is 1. The number of aliphatic hydroxyl groups is 1. The van der Waals surface area contributed by atoms with Gasteiger partial charge in [-0.2, -0.15) is 5.10 Å². The van der Waals surface area contributed by atoms with E-state index in [1.165, 1.54) is 40.9 Å². The minimum absolute atomic E-state index is 0.0512. The number of hydrogen-bond donors (Lipinski definition) is 2. The number of carbonyl (C=O) groups excluding carboxylic acids is 2. The normalized spacial score (nSPS) is 19.3. The Morgan fingerprint density at radius 2 is 1.91 bits per heavy atom. The zero-order chi connectivity index (χ0) is 30.5. The molecule has 2 amide bonds. The van der Waals surface area contributed by atoms with Gasteiger partial charge in [0.15, 0.2) is 0 Å². The maximum atomic E-state index is 16.6. The molecule has 2 aromatic heterocycles. The van der Waals surface area contributed by atoms with Gasteiger partial charge in [0.05, 0.1) is 35.8 Å². The SMILES string of the molecule is Cn1cc(C(C)(O)c2cc(F)c3c(c2)C(=O)N(Cc2ccc(F)cn2)[C@@]3(OCNC(=O)C2CC2)c2ccc(Cl)cc2)cn1. The van der Waals surface area contributed by atoms with Crippen LogP contribution < -0.4 is 5.32 Å². The van der Waals surface area contributed by atoms with Crippen LogP contribution in [-0.2, 0) is 34.4 Å². The average Bonchev–Trinajstić information content (AvgIpc) is 3.69. The molecule has 4 aromatic rings. The van der Waals surface area contributed by atoms with E-state index >= 15 is 4.39 Å². The van der Waals surface area contributed by atoms with Crippen molar-refractivity contribution in [3.05, 3.63) is 117 Å². The van der Waals surface area contributed by atoms with Gasteiger partial charge in [-0.05, 0) is 61.7 Å². The Balaban J connectivity index is 1.52. The number of benzene rings is 2. The molecule has 1 unspecified atom stereocenters. The molecule has 43 heavy (non-hydrogen) atoms. The van der Waals surface area contributed by atoms with Crippen LogP contribution in [0.3, 0.4) is 0 Å². The molecule has 3 heterocycles. The second-order valence-electron chi connectivity index (χ2n) is 11.0. The van der Waals surface area contributed by atoms with Crippen molar-refractivity contribution in [2.45, 2.75) is 37.6 Å². The lowest BCUT2D eigenvalue weighted by Gasteiger charge is -2.39. The highest BCUT2D eigenvalue weighted by atomic mass is 35.5. The molecule has 0 bridgehead atoms. The minimum Gasteiger partial charge on any atom is -0.381 e. The van der Waals surface area contributed by atoms with Gasteiger partial charge in [0.2, 0.25) is 11.6 Å². The predicted molar refractivity (Wildman–Crippen MR) is 151 cm³/mol. The highest BCUT2D eigenvalue weighted by Gasteiger charge is 2.55. The summed E-state index contributed by atoms with van der Waals surface area (Å²) in [6.07, 6.45) is 5.62. The van der Waals surface area contributed by atoms with Gasteiger partial charge >= 0.3 is 0 Å². The third-order valence-electron chi connectivity index (χ3n) is 7.93. The Labute approximate surface area is 251 Å². The summed E-state index contributed by atoms with van der Waals surface area (Å²) >= 11 is 6.19. The van der Waals surface area contributed by atoms with E-state index in [0.717, 1.165) is 25.1 Å². The first-order chi connectivity index (χ1) is 20.5. The van der Waals surface area contributed by atoms with E-state index in [-0.39, 0.29) is 41.8 Å². The van der Waals surface area contributed by atoms with Gasteiger partial charge in [-0.25, -0.2) is 8.78 Å². The van der Waals surface area contributed by atoms with Crippen molar-refractivity contribution >= 4 is 23.4 Å². The third-order valence-corrected chi connectivity index (χ3v) is 8.19. The molecule has 0 spiro atoms. The Morgan fingerprint density at radius 3 is 2.53 bits per heavy atom. The standard InChI is InChI=1S/C31H28ClF2N5O4/c1-30(42,21-13-37-38(2)15-21)20-11-25-27(26(34)12-20)31(19-5-7-22(32)8-6-19,43-17-36-28(40)18-3-4-18)39(29(25)41)16-24-10-9-23(33)14-35-24/h5-15,18,42H,3-4,16-17H2,1-2H3,(H,36,40)/t30?,31-/m1/s1. The number of rotatable bonds is 9. The lowest BCUT2D eigenvalue weighted by atomic mass is 9.85. The van der Waals surface area contributed by atoms with Crippen molar-refractivity contribution in [1.82, 2.24) is 25.0 Å². The zero-order valence-corrected chi connectivity index (χ0v) is 24.1. The highest BCUT2D eigenvalue weighted by Crippen LogP contribution is 2.49. The molecule has 0 saturated heterocycles. The van der Waals surface area contributed by atoms with Gasteiger partial charge in [-0.3, -0.25) is 24.2 Å². The number of carbonyl (C=O) groups is 2. The van der Waals surface area contributed by atoms with Crippen LogP contribution in [0.25, 0.3) is 0 Å². The van der Waals surface area contributed by atoms with E-state index in [1.807, 2.05) is 0 Å². The van der Waals surface area contributed by atoms with E-state index < -0.39 is 28.9 Å². The topological polar surface area (TPSA) is 110 Å². The van der Waals surface area contributed by atoms with Gasteiger partial charge in [-0.1, -0.05) is 23.7 Å². The molecule has 1 aliphatic carbocycles. The van der Waals surface area contributed by atoms with E-state index in [1.54, 1.807) is 37.5 Å². The molecule has 0 radical (unpaired) electrons. The van der Waals surface area contributed by atoms with Crippen molar-refractivity contribution in [1.29, 1.82) is 0 Å². The number of hydrogen-bond acceptors (Lipinski definition) is 6. The number of nitrogens with zero attached hydrogens (tertiary/aromatic N) is 4. The van der Waals surface area contributed by atoms with Crippen molar-refractivity contribution in [3.63, 3.8) is 0 Å². The molecule has 2 N–H and O–H groups in total. The largest absolute Gasteiger partial charge is 0.381 e. The molecule has 1 aliphatic heterocycles. The fourth-order valence-electron chi connectivity index (χ4n) is 5.42. The Morgan fingerprint density at radius 1 is 1.16 bits per heavy atom. The van der Waals surface area contributed by atoms with Gasteiger partial charge in [0.1, 0.15) is 24.0 Å².